The number of rotatable bonds is 0. The van der Waals surface area contributed by atoms with Crippen molar-refractivity contribution in [1.29, 1.82) is 0 Å². The molecule has 0 saturated heterocycles. The maximum Gasteiger partial charge on any atom is 0.338 e. The number of benzene rings is 1. The van der Waals surface area contributed by atoms with Crippen LogP contribution in [0.25, 0.3) is 0 Å². The van der Waals surface area contributed by atoms with Gasteiger partial charge in [-0.3, -0.25) is 0 Å². The zero-order chi connectivity index (χ0) is 18.5. The highest BCUT2D eigenvalue weighted by atomic mass is 16.6. The Kier molecular flexibility index (Phi) is 9.66. The van der Waals surface area contributed by atoms with Crippen molar-refractivity contribution in [3.63, 3.8) is 0 Å². The third kappa shape index (κ3) is 7.92. The Morgan fingerprint density at radius 3 is 1.27 bits per heavy atom. The molecule has 1 heterocycles. The van der Waals surface area contributed by atoms with E-state index in [-0.39, 0.29) is 37.6 Å². The zero-order valence-electron chi connectivity index (χ0n) is 14.6. The van der Waals surface area contributed by atoms with Crippen LogP contribution in [0.3, 0.4) is 0 Å². The van der Waals surface area contributed by atoms with Gasteiger partial charge in [-0.05, 0) is 18.2 Å². The molecule has 0 N–H and O–H groups in total. The van der Waals surface area contributed by atoms with Crippen molar-refractivity contribution in [2.75, 3.05) is 66.1 Å². The molecular formula is C18H24O8. The highest BCUT2D eigenvalue weighted by molar-refractivity contribution is 5.95. The van der Waals surface area contributed by atoms with Crippen LogP contribution in [0, 0.1) is 0 Å². The molecule has 0 unspecified atom stereocenters. The van der Waals surface area contributed by atoms with Crippen LogP contribution in [0.2, 0.25) is 0 Å². The van der Waals surface area contributed by atoms with Gasteiger partial charge in [0.05, 0.1) is 64.0 Å². The van der Waals surface area contributed by atoms with E-state index in [0.29, 0.717) is 39.6 Å². The van der Waals surface area contributed by atoms with Crippen LogP contribution in [-0.2, 0) is 28.4 Å². The van der Waals surface area contributed by atoms with Crippen molar-refractivity contribution in [3.8, 4) is 0 Å². The van der Waals surface area contributed by atoms with E-state index >= 15 is 0 Å². The molecule has 0 saturated carbocycles. The normalized spacial score (nSPS) is 19.7. The Labute approximate surface area is 152 Å². The van der Waals surface area contributed by atoms with E-state index in [1.807, 2.05) is 0 Å². The zero-order valence-corrected chi connectivity index (χ0v) is 14.6. The molecule has 144 valence electrons. The summed E-state index contributed by atoms with van der Waals surface area (Å²) in [6, 6.07) is 6.19. The fraction of sp³-hybridized carbons (Fsp3) is 0.556. The molecule has 2 rings (SSSR count). The molecule has 0 spiro atoms. The summed E-state index contributed by atoms with van der Waals surface area (Å²) in [7, 11) is 0. The molecule has 1 aliphatic rings. The van der Waals surface area contributed by atoms with Crippen molar-refractivity contribution < 1.29 is 38.0 Å². The SMILES string of the molecule is O=C1OCCOCCOCCOCCOCCOC(=O)c2cccc1c2. The standard InChI is InChI=1S/C18H24O8/c19-17-15-2-1-3-16(14-15)18(20)26-13-11-24-9-7-22-5-4-21-6-8-23-10-12-25-17/h1-3,14H,4-13H2. The topological polar surface area (TPSA) is 89.5 Å². The van der Waals surface area contributed by atoms with E-state index in [9.17, 15) is 9.59 Å². The third-order valence-electron chi connectivity index (χ3n) is 3.37. The maximum atomic E-state index is 12.0. The van der Waals surface area contributed by atoms with Gasteiger partial charge in [0.2, 0.25) is 0 Å². The van der Waals surface area contributed by atoms with Crippen LogP contribution in [0.15, 0.2) is 24.3 Å². The van der Waals surface area contributed by atoms with Crippen LogP contribution < -0.4 is 0 Å². The lowest BCUT2D eigenvalue weighted by Gasteiger charge is -2.08. The average molecular weight is 368 g/mol. The number of carbonyl (C=O) groups excluding carboxylic acids is 2. The Bertz CT molecular complexity index is 515. The molecule has 0 atom stereocenters. The van der Waals surface area contributed by atoms with Crippen molar-refractivity contribution in [3.05, 3.63) is 35.4 Å². The number of esters is 2. The lowest BCUT2D eigenvalue weighted by molar-refractivity contribution is -0.0134. The molecule has 0 aromatic heterocycles. The van der Waals surface area contributed by atoms with Crippen LogP contribution >= 0.6 is 0 Å². The molecule has 26 heavy (non-hydrogen) atoms. The van der Waals surface area contributed by atoms with Gasteiger partial charge < -0.3 is 28.4 Å². The Hall–Kier alpha value is -2.00. The van der Waals surface area contributed by atoms with Gasteiger partial charge in [0.25, 0.3) is 0 Å². The number of cyclic esters (lactones) is 2. The van der Waals surface area contributed by atoms with Crippen LogP contribution in [-0.4, -0.2) is 78.0 Å². The number of hydrogen-bond acceptors (Lipinski definition) is 8. The predicted octanol–water partition coefficient (Wildman–Crippen LogP) is 1.08. The average Bonchev–Trinajstić information content (AvgIpc) is 2.66. The molecule has 1 aliphatic heterocycles. The first-order valence-corrected chi connectivity index (χ1v) is 8.52. The summed E-state index contributed by atoms with van der Waals surface area (Å²) in [6.45, 7) is 3.39. The van der Waals surface area contributed by atoms with Crippen molar-refractivity contribution in [2.45, 2.75) is 0 Å². The maximum absolute atomic E-state index is 12.0. The highest BCUT2D eigenvalue weighted by Gasteiger charge is 2.12. The largest absolute Gasteiger partial charge is 0.460 e. The smallest absolute Gasteiger partial charge is 0.338 e. The fourth-order valence-corrected chi connectivity index (χ4v) is 2.09. The highest BCUT2D eigenvalue weighted by Crippen LogP contribution is 2.08. The van der Waals surface area contributed by atoms with Gasteiger partial charge in [0, 0.05) is 0 Å². The van der Waals surface area contributed by atoms with Crippen molar-refractivity contribution >= 4 is 11.9 Å². The summed E-state index contributed by atoms with van der Waals surface area (Å²) >= 11 is 0. The minimum atomic E-state index is -0.522. The Balaban J connectivity index is 1.87. The van der Waals surface area contributed by atoms with E-state index in [2.05, 4.69) is 0 Å². The van der Waals surface area contributed by atoms with Gasteiger partial charge in [-0.15, -0.1) is 0 Å². The van der Waals surface area contributed by atoms with E-state index in [0.717, 1.165) is 0 Å². The first-order chi connectivity index (χ1) is 12.8. The van der Waals surface area contributed by atoms with E-state index < -0.39 is 11.9 Å². The minimum absolute atomic E-state index is 0.119. The van der Waals surface area contributed by atoms with Crippen molar-refractivity contribution in [2.24, 2.45) is 0 Å². The summed E-state index contributed by atoms with van der Waals surface area (Å²) < 4.78 is 31.5. The first-order valence-electron chi connectivity index (χ1n) is 8.52. The first kappa shape index (κ1) is 20.3. The fourth-order valence-electron chi connectivity index (χ4n) is 2.09. The molecule has 1 aromatic carbocycles. The molecule has 1 aromatic rings. The lowest BCUT2D eigenvalue weighted by atomic mass is 10.1. The summed E-state index contributed by atoms with van der Waals surface area (Å²) in [5.41, 5.74) is 0.559. The van der Waals surface area contributed by atoms with E-state index in [1.54, 1.807) is 18.2 Å². The van der Waals surface area contributed by atoms with Crippen LogP contribution in [0.4, 0.5) is 0 Å². The molecule has 0 fully saturated rings. The molecular weight excluding hydrogens is 344 g/mol. The second-order valence-corrected chi connectivity index (χ2v) is 5.30. The molecule has 2 bridgehead atoms. The van der Waals surface area contributed by atoms with Gasteiger partial charge in [-0.2, -0.15) is 0 Å². The number of ether oxygens (including phenoxy) is 6. The van der Waals surface area contributed by atoms with Crippen LogP contribution in [0.1, 0.15) is 20.7 Å². The monoisotopic (exact) mass is 368 g/mol. The summed E-state index contributed by atoms with van der Waals surface area (Å²) in [4.78, 5) is 24.0. The second-order valence-electron chi connectivity index (χ2n) is 5.30. The van der Waals surface area contributed by atoms with Crippen LogP contribution in [0.5, 0.6) is 0 Å². The predicted molar refractivity (Wildman–Crippen MR) is 90.3 cm³/mol. The van der Waals surface area contributed by atoms with Gasteiger partial charge in [0.1, 0.15) is 13.2 Å². The second kappa shape index (κ2) is 12.4. The minimum Gasteiger partial charge on any atom is -0.460 e. The number of hydrogen-bond donors (Lipinski definition) is 0. The molecule has 0 amide bonds. The van der Waals surface area contributed by atoms with Gasteiger partial charge in [-0.25, -0.2) is 9.59 Å². The number of carbonyl (C=O) groups is 2. The van der Waals surface area contributed by atoms with Crippen molar-refractivity contribution in [1.82, 2.24) is 0 Å². The molecule has 0 aliphatic carbocycles. The van der Waals surface area contributed by atoms with Gasteiger partial charge in [0.15, 0.2) is 0 Å². The molecule has 8 heteroatoms. The summed E-state index contributed by atoms with van der Waals surface area (Å²) in [6.07, 6.45) is 0. The van der Waals surface area contributed by atoms with E-state index in [1.165, 1.54) is 6.07 Å². The lowest BCUT2D eigenvalue weighted by Crippen LogP contribution is -2.14. The third-order valence-corrected chi connectivity index (χ3v) is 3.37. The Morgan fingerprint density at radius 1 is 0.538 bits per heavy atom. The number of fused-ring (bicyclic) bond motifs is 2. The van der Waals surface area contributed by atoms with Gasteiger partial charge in [-0.1, -0.05) is 6.07 Å². The Morgan fingerprint density at radius 2 is 0.885 bits per heavy atom. The summed E-state index contributed by atoms with van der Waals surface area (Å²) in [5.74, 6) is -1.04. The van der Waals surface area contributed by atoms with Gasteiger partial charge >= 0.3 is 11.9 Å². The van der Waals surface area contributed by atoms with E-state index in [4.69, 9.17) is 28.4 Å². The quantitative estimate of drug-likeness (QED) is 0.629. The molecule has 8 nitrogen and oxygen atoms in total. The summed E-state index contributed by atoms with van der Waals surface area (Å²) in [5, 5.41) is 0. The molecule has 0 radical (unpaired) electrons.